The van der Waals surface area contributed by atoms with E-state index in [1.807, 2.05) is 19.2 Å². The number of benzene rings is 1. The summed E-state index contributed by atoms with van der Waals surface area (Å²) in [6.07, 6.45) is 2.59. The molecule has 1 aromatic carbocycles. The number of nitrogens with one attached hydrogen (secondary N) is 1. The second-order valence-electron chi connectivity index (χ2n) is 5.42. The smallest absolute Gasteiger partial charge is 0.127 e. The highest BCUT2D eigenvalue weighted by atomic mass is 19.1. The molecule has 0 radical (unpaired) electrons. The molecule has 112 valence electrons. The summed E-state index contributed by atoms with van der Waals surface area (Å²) in [5, 5.41) is 3.10. The number of hydrogen-bond donors (Lipinski definition) is 1. The third kappa shape index (κ3) is 4.27. The molecule has 0 spiro atoms. The summed E-state index contributed by atoms with van der Waals surface area (Å²) in [7, 11) is 1.90. The largest absolute Gasteiger partial charge is 0.377 e. The van der Waals surface area contributed by atoms with Gasteiger partial charge in [-0.2, -0.15) is 0 Å². The Labute approximate surface area is 121 Å². The average molecular weight is 280 g/mol. The van der Waals surface area contributed by atoms with Gasteiger partial charge in [0.25, 0.3) is 0 Å². The van der Waals surface area contributed by atoms with Crippen LogP contribution in [-0.2, 0) is 17.8 Å². The normalized spacial score (nSPS) is 18.9. The van der Waals surface area contributed by atoms with Gasteiger partial charge in [-0.3, -0.25) is 4.90 Å². The first kappa shape index (κ1) is 15.4. The topological polar surface area (TPSA) is 24.5 Å². The Morgan fingerprint density at radius 2 is 2.30 bits per heavy atom. The van der Waals surface area contributed by atoms with Crippen LogP contribution in [-0.4, -0.2) is 37.7 Å². The minimum Gasteiger partial charge on any atom is -0.377 e. The zero-order chi connectivity index (χ0) is 14.4. The first-order chi connectivity index (χ1) is 9.72. The van der Waals surface area contributed by atoms with Crippen LogP contribution in [0.25, 0.3) is 0 Å². The van der Waals surface area contributed by atoms with E-state index in [4.69, 9.17) is 4.74 Å². The van der Waals surface area contributed by atoms with Crippen molar-refractivity contribution in [2.75, 3.05) is 26.7 Å². The van der Waals surface area contributed by atoms with Crippen molar-refractivity contribution in [3.05, 3.63) is 35.1 Å². The Bertz CT molecular complexity index is 419. The molecular weight excluding hydrogens is 255 g/mol. The molecule has 2 rings (SSSR count). The summed E-state index contributed by atoms with van der Waals surface area (Å²) < 4.78 is 19.6. The number of hydrogen-bond acceptors (Lipinski definition) is 3. The number of nitrogens with zero attached hydrogens (tertiary/aromatic N) is 1. The van der Waals surface area contributed by atoms with Crippen LogP contribution in [0.1, 0.15) is 30.9 Å². The van der Waals surface area contributed by atoms with Gasteiger partial charge in [0, 0.05) is 31.8 Å². The van der Waals surface area contributed by atoms with Crippen molar-refractivity contribution in [3.63, 3.8) is 0 Å². The van der Waals surface area contributed by atoms with Crippen LogP contribution >= 0.6 is 0 Å². The molecule has 0 saturated carbocycles. The standard InChI is InChI=1S/C16H25FN2O/c1-3-19(12-15-5-4-8-20-15)11-14-9-13(10-18-2)6-7-16(14)17/h6-7,9,15,18H,3-5,8,10-12H2,1-2H3. The van der Waals surface area contributed by atoms with Crippen molar-refractivity contribution in [2.24, 2.45) is 0 Å². The summed E-state index contributed by atoms with van der Waals surface area (Å²) in [6, 6.07) is 5.37. The van der Waals surface area contributed by atoms with Gasteiger partial charge in [-0.15, -0.1) is 0 Å². The molecule has 1 aliphatic rings. The van der Waals surface area contributed by atoms with Crippen molar-refractivity contribution in [3.8, 4) is 0 Å². The summed E-state index contributed by atoms with van der Waals surface area (Å²) in [4.78, 5) is 2.26. The molecule has 20 heavy (non-hydrogen) atoms. The van der Waals surface area contributed by atoms with E-state index < -0.39 is 0 Å². The molecule has 0 bridgehead atoms. The van der Waals surface area contributed by atoms with E-state index in [0.29, 0.717) is 12.6 Å². The highest BCUT2D eigenvalue weighted by Crippen LogP contribution is 2.17. The maximum atomic E-state index is 13.9. The number of likely N-dealkylation sites (N-methyl/N-ethyl adjacent to an activating group) is 1. The minimum atomic E-state index is -0.115. The van der Waals surface area contributed by atoms with E-state index in [1.165, 1.54) is 0 Å². The molecule has 1 N–H and O–H groups in total. The summed E-state index contributed by atoms with van der Waals surface area (Å²) in [5.74, 6) is -0.115. The Morgan fingerprint density at radius 1 is 1.45 bits per heavy atom. The lowest BCUT2D eigenvalue weighted by Crippen LogP contribution is -2.32. The number of halogens is 1. The van der Waals surface area contributed by atoms with Crippen LogP contribution in [0.5, 0.6) is 0 Å². The van der Waals surface area contributed by atoms with Gasteiger partial charge in [0.05, 0.1) is 6.10 Å². The van der Waals surface area contributed by atoms with Crippen LogP contribution in [0.2, 0.25) is 0 Å². The van der Waals surface area contributed by atoms with Gasteiger partial charge in [-0.25, -0.2) is 4.39 Å². The van der Waals surface area contributed by atoms with Gasteiger partial charge in [-0.05, 0) is 38.1 Å². The van der Waals surface area contributed by atoms with E-state index in [1.54, 1.807) is 6.07 Å². The van der Waals surface area contributed by atoms with E-state index in [2.05, 4.69) is 17.1 Å². The Morgan fingerprint density at radius 3 is 2.95 bits per heavy atom. The monoisotopic (exact) mass is 280 g/mol. The average Bonchev–Trinajstić information content (AvgIpc) is 2.95. The first-order valence-electron chi connectivity index (χ1n) is 7.48. The fourth-order valence-corrected chi connectivity index (χ4v) is 2.69. The molecule has 1 aromatic rings. The van der Waals surface area contributed by atoms with Crippen LogP contribution in [0.4, 0.5) is 4.39 Å². The van der Waals surface area contributed by atoms with Gasteiger partial charge in [0.15, 0.2) is 0 Å². The van der Waals surface area contributed by atoms with Gasteiger partial charge in [0.2, 0.25) is 0 Å². The molecule has 1 unspecified atom stereocenters. The third-order valence-electron chi connectivity index (χ3n) is 3.82. The molecule has 0 aromatic heterocycles. The fourth-order valence-electron chi connectivity index (χ4n) is 2.69. The van der Waals surface area contributed by atoms with E-state index >= 15 is 0 Å². The molecule has 3 nitrogen and oxygen atoms in total. The lowest BCUT2D eigenvalue weighted by atomic mass is 10.1. The van der Waals surface area contributed by atoms with Crippen molar-refractivity contribution >= 4 is 0 Å². The zero-order valence-corrected chi connectivity index (χ0v) is 12.5. The first-order valence-corrected chi connectivity index (χ1v) is 7.48. The second kappa shape index (κ2) is 7.72. The number of ether oxygens (including phenoxy) is 1. The van der Waals surface area contributed by atoms with Crippen molar-refractivity contribution in [2.45, 2.75) is 39.0 Å². The lowest BCUT2D eigenvalue weighted by Gasteiger charge is -2.24. The van der Waals surface area contributed by atoms with Crippen LogP contribution < -0.4 is 5.32 Å². The Kier molecular flexibility index (Phi) is 5.95. The molecule has 0 amide bonds. The molecule has 1 saturated heterocycles. The zero-order valence-electron chi connectivity index (χ0n) is 12.5. The second-order valence-corrected chi connectivity index (χ2v) is 5.42. The van der Waals surface area contributed by atoms with Crippen molar-refractivity contribution in [1.82, 2.24) is 10.2 Å². The highest BCUT2D eigenvalue weighted by molar-refractivity contribution is 5.25. The number of rotatable bonds is 7. The van der Waals surface area contributed by atoms with Gasteiger partial charge < -0.3 is 10.1 Å². The van der Waals surface area contributed by atoms with Gasteiger partial charge in [0.1, 0.15) is 5.82 Å². The van der Waals surface area contributed by atoms with Crippen LogP contribution in [0, 0.1) is 5.82 Å². The van der Waals surface area contributed by atoms with E-state index in [9.17, 15) is 4.39 Å². The highest BCUT2D eigenvalue weighted by Gasteiger charge is 2.19. The SMILES string of the molecule is CCN(Cc1cc(CNC)ccc1F)CC1CCCO1. The Balaban J connectivity index is 1.99. The van der Waals surface area contributed by atoms with Gasteiger partial charge >= 0.3 is 0 Å². The molecule has 4 heteroatoms. The molecule has 1 aliphatic heterocycles. The van der Waals surface area contributed by atoms with Crippen LogP contribution in [0.3, 0.4) is 0 Å². The van der Waals surface area contributed by atoms with Gasteiger partial charge in [-0.1, -0.05) is 19.1 Å². The minimum absolute atomic E-state index is 0.115. The summed E-state index contributed by atoms with van der Waals surface area (Å²) in [6.45, 7) is 6.21. The van der Waals surface area contributed by atoms with E-state index in [0.717, 1.165) is 50.2 Å². The molecule has 1 atom stereocenters. The maximum Gasteiger partial charge on any atom is 0.127 e. The lowest BCUT2D eigenvalue weighted by molar-refractivity contribution is 0.0721. The predicted molar refractivity (Wildman–Crippen MR) is 79.1 cm³/mol. The molecule has 1 heterocycles. The molecular formula is C16H25FN2O. The summed E-state index contributed by atoms with van der Waals surface area (Å²) in [5.41, 5.74) is 1.90. The molecule has 1 fully saturated rings. The predicted octanol–water partition coefficient (Wildman–Crippen LogP) is 2.55. The quantitative estimate of drug-likeness (QED) is 0.830. The fraction of sp³-hybridized carbons (Fsp3) is 0.625. The van der Waals surface area contributed by atoms with Crippen molar-refractivity contribution < 1.29 is 9.13 Å². The maximum absolute atomic E-state index is 13.9. The Hall–Kier alpha value is -0.970. The van der Waals surface area contributed by atoms with E-state index in [-0.39, 0.29) is 5.82 Å². The third-order valence-corrected chi connectivity index (χ3v) is 3.82. The van der Waals surface area contributed by atoms with Crippen molar-refractivity contribution in [1.29, 1.82) is 0 Å². The van der Waals surface area contributed by atoms with Crippen LogP contribution in [0.15, 0.2) is 18.2 Å². The molecule has 0 aliphatic carbocycles. The summed E-state index contributed by atoms with van der Waals surface area (Å²) >= 11 is 0.